The Morgan fingerprint density at radius 1 is 1.27 bits per heavy atom. The van der Waals surface area contributed by atoms with Gasteiger partial charge in [-0.2, -0.15) is 0 Å². The van der Waals surface area contributed by atoms with Crippen molar-refractivity contribution >= 4 is 40.7 Å². The van der Waals surface area contributed by atoms with Gasteiger partial charge in [-0.25, -0.2) is 4.79 Å². The van der Waals surface area contributed by atoms with E-state index in [1.807, 2.05) is 41.8 Å². The molecule has 0 saturated heterocycles. The number of nitrogens with zero attached hydrogens (tertiary/aromatic N) is 1. The van der Waals surface area contributed by atoms with Crippen molar-refractivity contribution in [2.45, 2.75) is 16.1 Å². The average Bonchev–Trinajstić information content (AvgIpc) is 3.05. The second-order valence-electron chi connectivity index (χ2n) is 5.74. The molecule has 4 rings (SSSR count). The van der Waals surface area contributed by atoms with E-state index >= 15 is 0 Å². The van der Waals surface area contributed by atoms with Gasteiger partial charge < -0.3 is 9.30 Å². The summed E-state index contributed by atoms with van der Waals surface area (Å²) in [6.45, 7) is 0.312. The number of methoxy groups -OCH3 is 1. The van der Waals surface area contributed by atoms with E-state index in [9.17, 15) is 9.59 Å². The molecule has 0 amide bonds. The van der Waals surface area contributed by atoms with E-state index in [-0.39, 0.29) is 10.3 Å². The van der Waals surface area contributed by atoms with Gasteiger partial charge in [-0.15, -0.1) is 34.7 Å². The number of halogens is 1. The van der Waals surface area contributed by atoms with Crippen LogP contribution >= 0.6 is 34.7 Å². The lowest BCUT2D eigenvalue weighted by Crippen LogP contribution is -2.27. The molecule has 1 unspecified atom stereocenters. The number of esters is 1. The van der Waals surface area contributed by atoms with Gasteiger partial charge in [0.25, 0.3) is 5.56 Å². The monoisotopic (exact) mass is 403 g/mol. The third-order valence-corrected chi connectivity index (χ3v) is 6.66. The van der Waals surface area contributed by atoms with Gasteiger partial charge in [0.2, 0.25) is 0 Å². The molecule has 3 aromatic rings. The van der Waals surface area contributed by atoms with Gasteiger partial charge in [0.15, 0.2) is 0 Å². The van der Waals surface area contributed by atoms with Crippen LogP contribution in [-0.4, -0.2) is 22.4 Å². The summed E-state index contributed by atoms with van der Waals surface area (Å²) < 4.78 is 6.31. The maximum absolute atomic E-state index is 13.3. The molecule has 0 spiro atoms. The number of hydrogen-bond donors (Lipinski definition) is 0. The van der Waals surface area contributed by atoms with E-state index in [4.69, 9.17) is 16.3 Å². The van der Waals surface area contributed by atoms with Gasteiger partial charge in [-0.1, -0.05) is 30.3 Å². The molecule has 0 radical (unpaired) electrons. The molecule has 1 aromatic carbocycles. The minimum atomic E-state index is -0.469. The van der Waals surface area contributed by atoms with Crippen molar-refractivity contribution in [3.8, 4) is 21.7 Å². The minimum absolute atomic E-state index is 0.161. The molecule has 0 bridgehead atoms. The van der Waals surface area contributed by atoms with Crippen LogP contribution in [0.2, 0.25) is 0 Å². The SMILES string of the molecule is COC(=O)c1cc(-c2ccccc2)c(=O)n2c1-c1sccc1SC(Cl)C2. The number of ether oxygens (including phenoxy) is 1. The van der Waals surface area contributed by atoms with Crippen molar-refractivity contribution in [1.29, 1.82) is 0 Å². The first-order valence-electron chi connectivity index (χ1n) is 7.90. The Morgan fingerprint density at radius 3 is 2.77 bits per heavy atom. The van der Waals surface area contributed by atoms with Gasteiger partial charge in [-0.05, 0) is 23.1 Å². The number of fused-ring (bicyclic) bond motifs is 3. The van der Waals surface area contributed by atoms with Gasteiger partial charge in [0, 0.05) is 10.5 Å². The lowest BCUT2D eigenvalue weighted by molar-refractivity contribution is 0.0601. The smallest absolute Gasteiger partial charge is 0.340 e. The van der Waals surface area contributed by atoms with E-state index in [0.717, 1.165) is 15.3 Å². The number of thiophene rings is 1. The number of carbonyl (C=O) groups excluding carboxylic acids is 1. The summed E-state index contributed by atoms with van der Waals surface area (Å²) in [5.41, 5.74) is 2.02. The van der Waals surface area contributed by atoms with Crippen LogP contribution in [0.15, 0.2) is 57.5 Å². The Kier molecular flexibility index (Phi) is 4.65. The number of alkyl halides is 1. The third-order valence-electron chi connectivity index (χ3n) is 4.20. The summed E-state index contributed by atoms with van der Waals surface area (Å²) in [4.78, 5) is 27.6. The Balaban J connectivity index is 2.08. The average molecular weight is 404 g/mol. The van der Waals surface area contributed by atoms with Gasteiger partial charge >= 0.3 is 5.97 Å². The van der Waals surface area contributed by atoms with Gasteiger partial charge in [-0.3, -0.25) is 4.79 Å². The molecule has 3 heterocycles. The number of benzene rings is 1. The lowest BCUT2D eigenvalue weighted by Gasteiger charge is -2.16. The fourth-order valence-electron chi connectivity index (χ4n) is 3.06. The Bertz CT molecular complexity index is 1040. The highest BCUT2D eigenvalue weighted by Gasteiger charge is 2.29. The molecule has 1 aliphatic rings. The van der Waals surface area contributed by atoms with Crippen molar-refractivity contribution in [3.05, 3.63) is 63.8 Å². The minimum Gasteiger partial charge on any atom is -0.465 e. The highest BCUT2D eigenvalue weighted by molar-refractivity contribution is 8.01. The Morgan fingerprint density at radius 2 is 2.04 bits per heavy atom. The van der Waals surface area contributed by atoms with Crippen LogP contribution in [0.5, 0.6) is 0 Å². The van der Waals surface area contributed by atoms with Crippen molar-refractivity contribution in [1.82, 2.24) is 4.57 Å². The molecule has 1 aliphatic heterocycles. The summed E-state index contributed by atoms with van der Waals surface area (Å²) >= 11 is 9.45. The maximum Gasteiger partial charge on any atom is 0.340 e. The van der Waals surface area contributed by atoms with Crippen LogP contribution in [0.25, 0.3) is 21.7 Å². The van der Waals surface area contributed by atoms with Crippen LogP contribution in [-0.2, 0) is 11.3 Å². The van der Waals surface area contributed by atoms with E-state index in [0.29, 0.717) is 23.4 Å². The Labute approximate surface area is 163 Å². The summed E-state index contributed by atoms with van der Waals surface area (Å²) in [5, 5.41) is 1.94. The highest BCUT2D eigenvalue weighted by Crippen LogP contribution is 2.43. The zero-order valence-electron chi connectivity index (χ0n) is 13.8. The van der Waals surface area contributed by atoms with Gasteiger partial charge in [0.05, 0.1) is 29.8 Å². The molecule has 0 saturated carbocycles. The largest absolute Gasteiger partial charge is 0.465 e. The summed E-state index contributed by atoms with van der Waals surface area (Å²) in [6.07, 6.45) is 0. The van der Waals surface area contributed by atoms with Crippen molar-refractivity contribution < 1.29 is 9.53 Å². The molecule has 26 heavy (non-hydrogen) atoms. The second kappa shape index (κ2) is 6.95. The summed E-state index contributed by atoms with van der Waals surface area (Å²) in [6, 6.07) is 12.9. The molecule has 0 N–H and O–H groups in total. The van der Waals surface area contributed by atoms with Crippen LogP contribution in [0.1, 0.15) is 10.4 Å². The molecule has 0 aliphatic carbocycles. The number of thioether (sulfide) groups is 1. The molecule has 132 valence electrons. The van der Waals surface area contributed by atoms with E-state index in [2.05, 4.69) is 0 Å². The molecular formula is C19H14ClNO3S2. The molecule has 7 heteroatoms. The maximum atomic E-state index is 13.3. The first kappa shape index (κ1) is 17.4. The van der Waals surface area contributed by atoms with Crippen LogP contribution < -0.4 is 5.56 Å². The first-order valence-corrected chi connectivity index (χ1v) is 10.1. The van der Waals surface area contributed by atoms with E-state index in [1.165, 1.54) is 30.2 Å². The molecule has 4 nitrogen and oxygen atoms in total. The fourth-order valence-corrected chi connectivity index (χ4v) is 5.56. The van der Waals surface area contributed by atoms with Crippen LogP contribution in [0, 0.1) is 0 Å². The number of hydrogen-bond acceptors (Lipinski definition) is 5. The van der Waals surface area contributed by atoms with Crippen LogP contribution in [0.3, 0.4) is 0 Å². The predicted octanol–water partition coefficient (Wildman–Crippen LogP) is 4.70. The van der Waals surface area contributed by atoms with Crippen molar-refractivity contribution in [2.75, 3.05) is 7.11 Å². The molecule has 1 atom stereocenters. The first-order chi connectivity index (χ1) is 12.6. The number of pyridine rings is 1. The number of carbonyl (C=O) groups is 1. The summed E-state index contributed by atoms with van der Waals surface area (Å²) in [7, 11) is 1.35. The normalized spacial score (nSPS) is 15.7. The van der Waals surface area contributed by atoms with Crippen LogP contribution in [0.4, 0.5) is 0 Å². The van der Waals surface area contributed by atoms with E-state index < -0.39 is 5.97 Å². The lowest BCUT2D eigenvalue weighted by atomic mass is 10.0. The highest BCUT2D eigenvalue weighted by atomic mass is 35.5. The number of aromatic nitrogens is 1. The zero-order valence-corrected chi connectivity index (χ0v) is 16.2. The fraction of sp³-hybridized carbons (Fsp3) is 0.158. The van der Waals surface area contributed by atoms with E-state index in [1.54, 1.807) is 10.6 Å². The van der Waals surface area contributed by atoms with Gasteiger partial charge in [0.1, 0.15) is 4.71 Å². The quantitative estimate of drug-likeness (QED) is 0.459. The standard InChI is InChI=1S/C19H14ClNO3S2/c1-24-19(23)13-9-12(11-5-3-2-4-6-11)18(22)21-10-15(20)26-14-7-8-25-17(14)16(13)21/h2-9,15H,10H2,1H3. The second-order valence-corrected chi connectivity index (χ2v) is 8.68. The third kappa shape index (κ3) is 2.88. The number of rotatable bonds is 2. The zero-order chi connectivity index (χ0) is 18.3. The Hall–Kier alpha value is -2.02. The molecule has 2 aromatic heterocycles. The molecule has 0 fully saturated rings. The van der Waals surface area contributed by atoms with Crippen molar-refractivity contribution in [3.63, 3.8) is 0 Å². The predicted molar refractivity (Wildman–Crippen MR) is 106 cm³/mol. The summed E-state index contributed by atoms with van der Waals surface area (Å²) in [5.74, 6) is -0.469. The topological polar surface area (TPSA) is 48.3 Å². The molecular weight excluding hydrogens is 390 g/mol. The van der Waals surface area contributed by atoms with Crippen molar-refractivity contribution in [2.24, 2.45) is 0 Å².